The van der Waals surface area contributed by atoms with E-state index in [-0.39, 0.29) is 24.8 Å². The minimum absolute atomic E-state index is 0.111. The maximum Gasteiger partial charge on any atom is 0.338 e. The molecule has 0 aliphatic carbocycles. The van der Waals surface area contributed by atoms with Gasteiger partial charge >= 0.3 is 11.9 Å². The Labute approximate surface area is 144 Å². The topological polar surface area (TPSA) is 106 Å². The van der Waals surface area contributed by atoms with E-state index in [0.717, 1.165) is 0 Å². The highest BCUT2D eigenvalue weighted by atomic mass is 32.1. The molecule has 0 bridgehead atoms. The number of hydrogen-bond donors (Lipinski definition) is 3. The number of thiocarbonyl (C=S) groups is 1. The van der Waals surface area contributed by atoms with E-state index in [9.17, 15) is 14.4 Å². The molecule has 1 amide bonds. The number of carbonyl (C=O) groups excluding carboxylic acids is 3. The predicted molar refractivity (Wildman–Crippen MR) is 91.6 cm³/mol. The molecule has 0 aromatic heterocycles. The fourth-order valence-corrected chi connectivity index (χ4v) is 1.77. The van der Waals surface area contributed by atoms with Crippen LogP contribution in [0, 0.1) is 0 Å². The second kappa shape index (κ2) is 10.2. The highest BCUT2D eigenvalue weighted by Gasteiger charge is 2.08. The molecule has 3 N–H and O–H groups in total. The zero-order valence-electron chi connectivity index (χ0n) is 13.4. The lowest BCUT2D eigenvalue weighted by molar-refractivity contribution is -0.141. The Bertz CT molecular complexity index is 621. The van der Waals surface area contributed by atoms with Gasteiger partial charge in [0, 0.05) is 5.69 Å². The van der Waals surface area contributed by atoms with Crippen molar-refractivity contribution < 1.29 is 23.9 Å². The second-order valence-corrected chi connectivity index (χ2v) is 4.87. The lowest BCUT2D eigenvalue weighted by atomic mass is 10.2. The zero-order chi connectivity index (χ0) is 17.9. The van der Waals surface area contributed by atoms with Crippen molar-refractivity contribution in [2.24, 2.45) is 0 Å². The lowest BCUT2D eigenvalue weighted by Gasteiger charge is -2.11. The number of rotatable bonds is 7. The number of hydrogen-bond acceptors (Lipinski definition) is 6. The van der Waals surface area contributed by atoms with Crippen LogP contribution in [-0.2, 0) is 19.1 Å². The molecule has 0 spiro atoms. The van der Waals surface area contributed by atoms with Crippen LogP contribution in [0.25, 0.3) is 0 Å². The minimum atomic E-state index is -0.542. The quantitative estimate of drug-likeness (QED) is 0.479. The van der Waals surface area contributed by atoms with Crippen molar-refractivity contribution in [3.05, 3.63) is 29.8 Å². The standard InChI is InChI=1S/C15H19N3O5S/c1-3-23-14(21)10-5-4-6-11(7-10)18-15(24)17-8-12(19)16-9-13(20)22-2/h4-7H,3,8-9H2,1-2H3,(H,16,19)(H2,17,18,24). The molecule has 1 aromatic rings. The first-order chi connectivity index (χ1) is 11.5. The van der Waals surface area contributed by atoms with Gasteiger partial charge in [0.2, 0.25) is 5.91 Å². The molecule has 130 valence electrons. The van der Waals surface area contributed by atoms with E-state index in [1.165, 1.54) is 7.11 Å². The number of anilines is 1. The van der Waals surface area contributed by atoms with Crippen molar-refractivity contribution in [1.29, 1.82) is 0 Å². The molecule has 0 heterocycles. The third kappa shape index (κ3) is 7.05. The Balaban J connectivity index is 2.45. The van der Waals surface area contributed by atoms with Gasteiger partial charge in [-0.3, -0.25) is 9.59 Å². The van der Waals surface area contributed by atoms with Gasteiger partial charge in [-0.2, -0.15) is 0 Å². The largest absolute Gasteiger partial charge is 0.468 e. The number of amides is 1. The summed E-state index contributed by atoms with van der Waals surface area (Å²) in [5.74, 6) is -1.38. The van der Waals surface area contributed by atoms with E-state index in [0.29, 0.717) is 11.3 Å². The Hall–Kier alpha value is -2.68. The summed E-state index contributed by atoms with van der Waals surface area (Å²) in [4.78, 5) is 34.1. The highest BCUT2D eigenvalue weighted by molar-refractivity contribution is 7.80. The Kier molecular flexibility index (Phi) is 8.20. The number of nitrogens with one attached hydrogen (secondary N) is 3. The SMILES string of the molecule is CCOC(=O)c1cccc(NC(=S)NCC(=O)NCC(=O)OC)c1. The number of esters is 2. The van der Waals surface area contributed by atoms with E-state index in [4.69, 9.17) is 17.0 Å². The van der Waals surface area contributed by atoms with Gasteiger partial charge in [-0.15, -0.1) is 0 Å². The number of methoxy groups -OCH3 is 1. The van der Waals surface area contributed by atoms with Crippen molar-refractivity contribution in [3.8, 4) is 0 Å². The van der Waals surface area contributed by atoms with E-state index >= 15 is 0 Å². The second-order valence-electron chi connectivity index (χ2n) is 4.46. The average Bonchev–Trinajstić information content (AvgIpc) is 2.58. The number of benzene rings is 1. The fraction of sp³-hybridized carbons (Fsp3) is 0.333. The molecule has 0 fully saturated rings. The summed E-state index contributed by atoms with van der Waals surface area (Å²) in [5, 5.41) is 8.10. The summed E-state index contributed by atoms with van der Waals surface area (Å²) in [6.07, 6.45) is 0. The summed E-state index contributed by atoms with van der Waals surface area (Å²) in [7, 11) is 1.23. The first-order valence-corrected chi connectivity index (χ1v) is 7.52. The Morgan fingerprint density at radius 2 is 1.92 bits per heavy atom. The van der Waals surface area contributed by atoms with Gasteiger partial charge in [0.05, 0.1) is 25.8 Å². The first kappa shape index (κ1) is 19.4. The van der Waals surface area contributed by atoms with Gasteiger partial charge in [-0.25, -0.2) is 4.79 Å². The van der Waals surface area contributed by atoms with Crippen LogP contribution in [0.5, 0.6) is 0 Å². The molecule has 0 saturated carbocycles. The van der Waals surface area contributed by atoms with Crippen LogP contribution in [-0.4, -0.2) is 49.8 Å². The van der Waals surface area contributed by atoms with Crippen LogP contribution in [0.2, 0.25) is 0 Å². The maximum absolute atomic E-state index is 11.7. The van der Waals surface area contributed by atoms with Crippen LogP contribution in [0.4, 0.5) is 5.69 Å². The van der Waals surface area contributed by atoms with E-state index in [1.54, 1.807) is 31.2 Å². The van der Waals surface area contributed by atoms with Crippen molar-refractivity contribution in [1.82, 2.24) is 10.6 Å². The van der Waals surface area contributed by atoms with Gasteiger partial charge in [-0.05, 0) is 37.3 Å². The van der Waals surface area contributed by atoms with Gasteiger partial charge < -0.3 is 25.4 Å². The molecule has 0 aliphatic rings. The summed E-state index contributed by atoms with van der Waals surface area (Å²) >= 11 is 5.06. The van der Waals surface area contributed by atoms with E-state index < -0.39 is 17.8 Å². The summed E-state index contributed by atoms with van der Waals surface area (Å²) in [6, 6.07) is 6.61. The molecule has 0 atom stereocenters. The predicted octanol–water partition coefficient (Wildman–Crippen LogP) is 0.439. The average molecular weight is 353 g/mol. The van der Waals surface area contributed by atoms with Crippen molar-refractivity contribution in [3.63, 3.8) is 0 Å². The van der Waals surface area contributed by atoms with E-state index in [2.05, 4.69) is 20.7 Å². The molecule has 1 aromatic carbocycles. The monoisotopic (exact) mass is 353 g/mol. The molecule has 9 heteroatoms. The first-order valence-electron chi connectivity index (χ1n) is 7.11. The lowest BCUT2D eigenvalue weighted by Crippen LogP contribution is -2.40. The zero-order valence-corrected chi connectivity index (χ0v) is 14.2. The van der Waals surface area contributed by atoms with Crippen LogP contribution in [0.3, 0.4) is 0 Å². The van der Waals surface area contributed by atoms with E-state index in [1.807, 2.05) is 0 Å². The summed E-state index contributed by atoms with van der Waals surface area (Å²) < 4.78 is 9.32. The summed E-state index contributed by atoms with van der Waals surface area (Å²) in [5.41, 5.74) is 0.966. The Morgan fingerprint density at radius 1 is 1.17 bits per heavy atom. The minimum Gasteiger partial charge on any atom is -0.468 e. The molecule has 24 heavy (non-hydrogen) atoms. The van der Waals surface area contributed by atoms with Crippen LogP contribution >= 0.6 is 12.2 Å². The number of ether oxygens (including phenoxy) is 2. The van der Waals surface area contributed by atoms with Crippen LogP contribution in [0.15, 0.2) is 24.3 Å². The molecule has 0 unspecified atom stereocenters. The number of carbonyl (C=O) groups is 3. The highest BCUT2D eigenvalue weighted by Crippen LogP contribution is 2.11. The van der Waals surface area contributed by atoms with Crippen LogP contribution in [0.1, 0.15) is 17.3 Å². The summed E-state index contributed by atoms with van der Waals surface area (Å²) in [6.45, 7) is 1.70. The molecular weight excluding hydrogens is 334 g/mol. The maximum atomic E-state index is 11.7. The van der Waals surface area contributed by atoms with Gasteiger partial charge in [0.1, 0.15) is 6.54 Å². The fourth-order valence-electron chi connectivity index (χ4n) is 1.58. The Morgan fingerprint density at radius 3 is 2.58 bits per heavy atom. The molecular formula is C15H19N3O5S. The molecule has 0 aliphatic heterocycles. The van der Waals surface area contributed by atoms with Crippen molar-refractivity contribution in [2.75, 3.05) is 32.1 Å². The smallest absolute Gasteiger partial charge is 0.338 e. The van der Waals surface area contributed by atoms with Gasteiger partial charge in [-0.1, -0.05) is 6.07 Å². The van der Waals surface area contributed by atoms with Crippen LogP contribution < -0.4 is 16.0 Å². The molecule has 0 radical (unpaired) electrons. The van der Waals surface area contributed by atoms with Crippen molar-refractivity contribution >= 4 is 40.9 Å². The van der Waals surface area contributed by atoms with Gasteiger partial charge in [0.15, 0.2) is 5.11 Å². The molecule has 0 saturated heterocycles. The third-order valence-corrected chi connectivity index (χ3v) is 2.95. The molecule has 1 rings (SSSR count). The van der Waals surface area contributed by atoms with Crippen molar-refractivity contribution in [2.45, 2.75) is 6.92 Å². The normalized spacial score (nSPS) is 9.58. The third-order valence-electron chi connectivity index (χ3n) is 2.70. The van der Waals surface area contributed by atoms with Gasteiger partial charge in [0.25, 0.3) is 0 Å². The molecule has 8 nitrogen and oxygen atoms in total.